The van der Waals surface area contributed by atoms with E-state index in [0.717, 1.165) is 6.07 Å². The third-order valence-electron chi connectivity index (χ3n) is 1.63. The van der Waals surface area contributed by atoms with Crippen LogP contribution in [-0.2, 0) is 6.18 Å². The van der Waals surface area contributed by atoms with E-state index in [-0.39, 0.29) is 5.42 Å². The quantitative estimate of drug-likeness (QED) is 0.679. The second kappa shape index (κ2) is 3.74. The van der Waals surface area contributed by atoms with Crippen molar-refractivity contribution in [3.05, 3.63) is 35.1 Å². The molecule has 76 valence electrons. The SMILES string of the molecule is C=C/C=c1/cc(C(F)(F)F)o/c1=C/C. The first-order valence-corrected chi connectivity index (χ1v) is 3.95. The number of hydrogen-bond acceptors (Lipinski definition) is 1. The Kier molecular flexibility index (Phi) is 2.84. The average Bonchev–Trinajstić information content (AvgIpc) is 2.47. The predicted molar refractivity (Wildman–Crippen MR) is 47.8 cm³/mol. The summed E-state index contributed by atoms with van der Waals surface area (Å²) in [7, 11) is 0. The van der Waals surface area contributed by atoms with Crippen LogP contribution in [0.4, 0.5) is 13.2 Å². The van der Waals surface area contributed by atoms with Crippen LogP contribution in [0.25, 0.3) is 12.2 Å². The number of allylic oxidation sites excluding steroid dienone is 1. The molecule has 0 amide bonds. The van der Waals surface area contributed by atoms with Crippen molar-refractivity contribution in [1.82, 2.24) is 0 Å². The van der Waals surface area contributed by atoms with Gasteiger partial charge >= 0.3 is 6.18 Å². The lowest BCUT2D eigenvalue weighted by molar-refractivity contribution is -0.153. The number of halogens is 3. The van der Waals surface area contributed by atoms with Gasteiger partial charge in [0.25, 0.3) is 0 Å². The van der Waals surface area contributed by atoms with E-state index < -0.39 is 11.9 Å². The minimum Gasteiger partial charge on any atom is -0.452 e. The van der Waals surface area contributed by atoms with E-state index in [1.54, 1.807) is 6.92 Å². The monoisotopic (exact) mass is 202 g/mol. The van der Waals surface area contributed by atoms with Crippen LogP contribution in [0.1, 0.15) is 12.7 Å². The van der Waals surface area contributed by atoms with Gasteiger partial charge in [-0.3, -0.25) is 0 Å². The van der Waals surface area contributed by atoms with Crippen LogP contribution < -0.4 is 10.6 Å². The molecule has 0 fully saturated rings. The predicted octanol–water partition coefficient (Wildman–Crippen LogP) is 2.07. The first-order chi connectivity index (χ1) is 6.49. The fourth-order valence-electron chi connectivity index (χ4n) is 1.04. The standard InChI is InChI=1S/C10H9F3O/c1-3-5-7-6-9(10(11,12)13)14-8(7)4-2/h3-6H,1H2,2H3/b7-5-,8-4+. The normalized spacial score (nSPS) is 14.9. The molecule has 0 saturated carbocycles. The molecule has 1 aromatic heterocycles. The molecular weight excluding hydrogens is 193 g/mol. The highest BCUT2D eigenvalue weighted by Crippen LogP contribution is 2.27. The second-order valence-electron chi connectivity index (χ2n) is 2.62. The van der Waals surface area contributed by atoms with Crippen LogP contribution in [0.5, 0.6) is 0 Å². The summed E-state index contributed by atoms with van der Waals surface area (Å²) in [6.07, 6.45) is -0.0817. The van der Waals surface area contributed by atoms with Gasteiger partial charge in [-0.05, 0) is 19.1 Å². The lowest BCUT2D eigenvalue weighted by Crippen LogP contribution is -2.17. The van der Waals surface area contributed by atoms with Crippen LogP contribution in [0.3, 0.4) is 0 Å². The van der Waals surface area contributed by atoms with E-state index in [4.69, 9.17) is 0 Å². The summed E-state index contributed by atoms with van der Waals surface area (Å²) in [4.78, 5) is 0. The molecule has 14 heavy (non-hydrogen) atoms. The van der Waals surface area contributed by atoms with E-state index >= 15 is 0 Å². The third-order valence-corrected chi connectivity index (χ3v) is 1.63. The van der Waals surface area contributed by atoms with Gasteiger partial charge in [0.05, 0.1) is 0 Å². The van der Waals surface area contributed by atoms with E-state index in [1.165, 1.54) is 18.2 Å². The summed E-state index contributed by atoms with van der Waals surface area (Å²) in [5.74, 6) is -0.987. The largest absolute Gasteiger partial charge is 0.452 e. The van der Waals surface area contributed by atoms with Crippen LogP contribution in [0, 0.1) is 0 Å². The van der Waals surface area contributed by atoms with Gasteiger partial charge in [0.2, 0.25) is 5.76 Å². The lowest BCUT2D eigenvalue weighted by atomic mass is 10.3. The maximum Gasteiger partial charge on any atom is 0.449 e. The molecule has 1 aromatic rings. The van der Waals surface area contributed by atoms with Crippen molar-refractivity contribution in [2.24, 2.45) is 0 Å². The van der Waals surface area contributed by atoms with Gasteiger partial charge in [-0.2, -0.15) is 13.2 Å². The summed E-state index contributed by atoms with van der Waals surface area (Å²) < 4.78 is 41.3. The van der Waals surface area contributed by atoms with Gasteiger partial charge in [-0.25, -0.2) is 0 Å². The minimum absolute atomic E-state index is 0.206. The fourth-order valence-corrected chi connectivity index (χ4v) is 1.04. The van der Waals surface area contributed by atoms with Gasteiger partial charge in [0, 0.05) is 5.22 Å². The Hall–Kier alpha value is -1.45. The highest BCUT2D eigenvalue weighted by molar-refractivity contribution is 5.36. The maximum absolute atomic E-state index is 12.2. The minimum atomic E-state index is -4.44. The molecule has 0 aliphatic carbocycles. The summed E-state index contributed by atoms with van der Waals surface area (Å²) in [5.41, 5.74) is 0.206. The Morgan fingerprint density at radius 3 is 2.50 bits per heavy atom. The average molecular weight is 202 g/mol. The van der Waals surface area contributed by atoms with Crippen LogP contribution in [-0.4, -0.2) is 0 Å². The van der Waals surface area contributed by atoms with Gasteiger partial charge in [-0.1, -0.05) is 18.7 Å². The molecule has 0 aromatic carbocycles. The summed E-state index contributed by atoms with van der Waals surface area (Å²) in [5, 5.41) is 0.384. The Labute approximate surface area is 78.8 Å². The molecule has 0 N–H and O–H groups in total. The molecule has 0 saturated heterocycles. The molecule has 0 spiro atoms. The molecule has 0 unspecified atom stereocenters. The molecule has 4 heteroatoms. The smallest absolute Gasteiger partial charge is 0.449 e. The number of hydrogen-bond donors (Lipinski definition) is 0. The second-order valence-corrected chi connectivity index (χ2v) is 2.62. The molecule has 0 atom stereocenters. The first-order valence-electron chi connectivity index (χ1n) is 3.95. The molecule has 1 heterocycles. The van der Waals surface area contributed by atoms with Crippen molar-refractivity contribution < 1.29 is 17.6 Å². The van der Waals surface area contributed by atoms with Crippen molar-refractivity contribution in [2.45, 2.75) is 13.1 Å². The maximum atomic E-state index is 12.2. The number of furan rings is 1. The van der Waals surface area contributed by atoms with Crippen LogP contribution in [0.2, 0.25) is 0 Å². The van der Waals surface area contributed by atoms with Gasteiger partial charge in [-0.15, -0.1) is 0 Å². The Morgan fingerprint density at radius 2 is 2.07 bits per heavy atom. The van der Waals surface area contributed by atoms with Crippen molar-refractivity contribution >= 4 is 12.2 Å². The highest BCUT2D eigenvalue weighted by atomic mass is 19.4. The summed E-state index contributed by atoms with van der Waals surface area (Å²) in [6.45, 7) is 5.02. The molecule has 0 aliphatic heterocycles. The highest BCUT2D eigenvalue weighted by Gasteiger charge is 2.34. The van der Waals surface area contributed by atoms with Crippen molar-refractivity contribution in [3.63, 3.8) is 0 Å². The van der Waals surface area contributed by atoms with E-state index in [1.807, 2.05) is 0 Å². The molecular formula is C10H9F3O. The molecule has 0 aliphatic rings. The zero-order valence-electron chi connectivity index (χ0n) is 7.56. The van der Waals surface area contributed by atoms with Crippen molar-refractivity contribution in [1.29, 1.82) is 0 Å². The van der Waals surface area contributed by atoms with E-state index in [2.05, 4.69) is 11.0 Å². The Balaban J connectivity index is 3.43. The first kappa shape index (κ1) is 10.6. The summed E-state index contributed by atoms with van der Waals surface area (Å²) in [6, 6.07) is 0.955. The van der Waals surface area contributed by atoms with E-state index in [0.29, 0.717) is 5.22 Å². The molecule has 1 nitrogen and oxygen atoms in total. The number of alkyl halides is 3. The van der Waals surface area contributed by atoms with Gasteiger partial charge < -0.3 is 4.42 Å². The van der Waals surface area contributed by atoms with Crippen molar-refractivity contribution in [3.8, 4) is 0 Å². The lowest BCUT2D eigenvalue weighted by Gasteiger charge is -1.98. The molecule has 0 radical (unpaired) electrons. The van der Waals surface area contributed by atoms with E-state index in [9.17, 15) is 13.2 Å². The third kappa shape index (κ3) is 2.07. The molecule has 0 bridgehead atoms. The summed E-state index contributed by atoms with van der Waals surface area (Å²) >= 11 is 0. The topological polar surface area (TPSA) is 13.1 Å². The molecule has 1 rings (SSSR count). The van der Waals surface area contributed by atoms with Gasteiger partial charge in [0.1, 0.15) is 5.42 Å². The van der Waals surface area contributed by atoms with Crippen molar-refractivity contribution in [2.75, 3.05) is 0 Å². The fraction of sp³-hybridized carbons (Fsp3) is 0.200. The van der Waals surface area contributed by atoms with Crippen LogP contribution in [0.15, 0.2) is 23.1 Å². The Morgan fingerprint density at radius 1 is 1.43 bits per heavy atom. The van der Waals surface area contributed by atoms with Crippen LogP contribution >= 0.6 is 0 Å². The zero-order chi connectivity index (χ0) is 10.8. The number of rotatable bonds is 1. The van der Waals surface area contributed by atoms with Gasteiger partial charge in [0.15, 0.2) is 0 Å². The zero-order valence-corrected chi connectivity index (χ0v) is 7.56. The Bertz CT molecular complexity index is 437.